The number of hydrogen-bond acceptors (Lipinski definition) is 6. The van der Waals surface area contributed by atoms with Crippen LogP contribution in [0.25, 0.3) is 0 Å². The topological polar surface area (TPSA) is 84.1 Å². The minimum atomic E-state index is 0.0693. The molecular formula is C12H21N5OS. The lowest BCUT2D eigenvalue weighted by Crippen LogP contribution is -2.32. The predicted octanol–water partition coefficient (Wildman–Crippen LogP) is 1.00. The van der Waals surface area contributed by atoms with Crippen LogP contribution in [0.1, 0.15) is 37.6 Å². The molecule has 0 bridgehead atoms. The van der Waals surface area contributed by atoms with Crippen LogP contribution >= 0.6 is 11.3 Å². The predicted molar refractivity (Wildman–Crippen MR) is 75.7 cm³/mol. The fourth-order valence-corrected chi connectivity index (χ4v) is 2.85. The first-order chi connectivity index (χ1) is 9.15. The maximum atomic E-state index is 11.7. The quantitative estimate of drug-likeness (QED) is 0.813. The summed E-state index contributed by atoms with van der Waals surface area (Å²) >= 11 is 1.31. The van der Waals surface area contributed by atoms with Crippen LogP contribution in [0.2, 0.25) is 0 Å². The molecule has 19 heavy (non-hydrogen) atoms. The Morgan fingerprint density at radius 2 is 2.21 bits per heavy atom. The van der Waals surface area contributed by atoms with E-state index in [1.54, 1.807) is 0 Å². The van der Waals surface area contributed by atoms with Crippen LogP contribution in [0.3, 0.4) is 0 Å². The van der Waals surface area contributed by atoms with Crippen molar-refractivity contribution in [2.24, 2.45) is 0 Å². The molecule has 2 heterocycles. The van der Waals surface area contributed by atoms with E-state index >= 15 is 0 Å². The average molecular weight is 283 g/mol. The van der Waals surface area contributed by atoms with Crippen LogP contribution in [-0.4, -0.2) is 40.1 Å². The van der Waals surface area contributed by atoms with Gasteiger partial charge in [0.2, 0.25) is 11.0 Å². The number of carbonyl (C=O) groups is 1. The zero-order valence-corrected chi connectivity index (χ0v) is 12.1. The van der Waals surface area contributed by atoms with Crippen LogP contribution < -0.4 is 11.1 Å². The standard InChI is InChI=1S/C12H21N5OS/c1-9(17-6-2-3-7-17)4-5-10(18)14-8-11-15-16-12(13)19-11/h9H,2-8H2,1H3,(H2,13,16)(H,14,18). The highest BCUT2D eigenvalue weighted by atomic mass is 32.1. The molecule has 0 saturated carbocycles. The van der Waals surface area contributed by atoms with Crippen LogP contribution in [0.15, 0.2) is 0 Å². The molecular weight excluding hydrogens is 262 g/mol. The molecule has 1 aromatic heterocycles. The van der Waals surface area contributed by atoms with Crippen molar-refractivity contribution in [3.05, 3.63) is 5.01 Å². The second-order valence-corrected chi connectivity index (χ2v) is 6.04. The molecule has 1 aromatic rings. The van der Waals surface area contributed by atoms with E-state index in [-0.39, 0.29) is 5.91 Å². The third kappa shape index (κ3) is 4.43. The van der Waals surface area contributed by atoms with Crippen molar-refractivity contribution in [1.82, 2.24) is 20.4 Å². The molecule has 7 heteroatoms. The molecule has 0 spiro atoms. The molecule has 0 radical (unpaired) electrons. The lowest BCUT2D eigenvalue weighted by Gasteiger charge is -2.23. The number of rotatable bonds is 6. The number of nitrogens with zero attached hydrogens (tertiary/aromatic N) is 3. The normalized spacial score (nSPS) is 17.5. The summed E-state index contributed by atoms with van der Waals surface area (Å²) in [4.78, 5) is 14.2. The summed E-state index contributed by atoms with van der Waals surface area (Å²) in [6, 6.07) is 0.491. The number of nitrogens with two attached hydrogens (primary N) is 1. The van der Waals surface area contributed by atoms with Crippen molar-refractivity contribution >= 4 is 22.4 Å². The van der Waals surface area contributed by atoms with E-state index in [2.05, 4.69) is 27.3 Å². The molecule has 1 unspecified atom stereocenters. The lowest BCUT2D eigenvalue weighted by atomic mass is 10.1. The van der Waals surface area contributed by atoms with Crippen LogP contribution in [0.4, 0.5) is 5.13 Å². The largest absolute Gasteiger partial charge is 0.374 e. The molecule has 1 aliphatic rings. The highest BCUT2D eigenvalue weighted by Gasteiger charge is 2.18. The fourth-order valence-electron chi connectivity index (χ4n) is 2.31. The van der Waals surface area contributed by atoms with E-state index in [1.165, 1.54) is 37.3 Å². The number of likely N-dealkylation sites (tertiary alicyclic amines) is 1. The molecule has 106 valence electrons. The minimum absolute atomic E-state index is 0.0693. The van der Waals surface area contributed by atoms with Gasteiger partial charge in [0.15, 0.2) is 0 Å². The summed E-state index contributed by atoms with van der Waals surface area (Å²) in [5.74, 6) is 0.0693. The maximum absolute atomic E-state index is 11.7. The first-order valence-corrected chi connectivity index (χ1v) is 7.55. The van der Waals surface area contributed by atoms with Gasteiger partial charge in [0, 0.05) is 12.5 Å². The number of aromatic nitrogens is 2. The van der Waals surface area contributed by atoms with Gasteiger partial charge in [-0.2, -0.15) is 0 Å². The van der Waals surface area contributed by atoms with Gasteiger partial charge in [-0.05, 0) is 39.3 Å². The second-order valence-electron chi connectivity index (χ2n) is 4.94. The van der Waals surface area contributed by atoms with E-state index in [1.807, 2.05) is 0 Å². The van der Waals surface area contributed by atoms with Gasteiger partial charge in [0.1, 0.15) is 5.01 Å². The van der Waals surface area contributed by atoms with Crippen molar-refractivity contribution in [1.29, 1.82) is 0 Å². The van der Waals surface area contributed by atoms with Gasteiger partial charge in [0.05, 0.1) is 6.54 Å². The Labute approximate surface area is 117 Å². The van der Waals surface area contributed by atoms with Crippen molar-refractivity contribution in [3.63, 3.8) is 0 Å². The zero-order valence-electron chi connectivity index (χ0n) is 11.3. The maximum Gasteiger partial charge on any atom is 0.220 e. The van der Waals surface area contributed by atoms with E-state index < -0.39 is 0 Å². The van der Waals surface area contributed by atoms with Crippen molar-refractivity contribution < 1.29 is 4.79 Å². The Kier molecular flexibility index (Phi) is 5.09. The van der Waals surface area contributed by atoms with E-state index in [0.717, 1.165) is 11.4 Å². The highest BCUT2D eigenvalue weighted by Crippen LogP contribution is 2.15. The SMILES string of the molecule is CC(CCC(=O)NCc1nnc(N)s1)N1CCCC1. The summed E-state index contributed by atoms with van der Waals surface area (Å²) in [6.07, 6.45) is 4.04. The molecule has 1 aliphatic heterocycles. The van der Waals surface area contributed by atoms with Gasteiger partial charge in [-0.15, -0.1) is 10.2 Å². The third-order valence-corrected chi connectivity index (χ3v) is 4.22. The molecule has 1 fully saturated rings. The molecule has 3 N–H and O–H groups in total. The summed E-state index contributed by atoms with van der Waals surface area (Å²) in [5, 5.41) is 11.6. The van der Waals surface area contributed by atoms with Gasteiger partial charge in [-0.25, -0.2) is 0 Å². The van der Waals surface area contributed by atoms with Crippen molar-refractivity contribution in [2.45, 2.75) is 45.2 Å². The molecule has 1 amide bonds. The van der Waals surface area contributed by atoms with Crippen LogP contribution in [0.5, 0.6) is 0 Å². The Morgan fingerprint density at radius 1 is 1.47 bits per heavy atom. The van der Waals surface area contributed by atoms with E-state index in [9.17, 15) is 4.79 Å². The van der Waals surface area contributed by atoms with Gasteiger partial charge >= 0.3 is 0 Å². The van der Waals surface area contributed by atoms with Crippen LogP contribution in [0, 0.1) is 0 Å². The lowest BCUT2D eigenvalue weighted by molar-refractivity contribution is -0.121. The molecule has 0 aromatic carbocycles. The number of hydrogen-bond donors (Lipinski definition) is 2. The second kappa shape index (κ2) is 6.81. The number of anilines is 1. The molecule has 1 atom stereocenters. The smallest absolute Gasteiger partial charge is 0.220 e. The van der Waals surface area contributed by atoms with Crippen LogP contribution in [-0.2, 0) is 11.3 Å². The average Bonchev–Trinajstić information content (AvgIpc) is 3.04. The Balaban J connectivity index is 1.64. The van der Waals surface area contributed by atoms with E-state index in [4.69, 9.17) is 5.73 Å². The van der Waals surface area contributed by atoms with E-state index in [0.29, 0.717) is 24.1 Å². The first-order valence-electron chi connectivity index (χ1n) is 6.74. The Bertz CT molecular complexity index is 416. The third-order valence-electron chi connectivity index (χ3n) is 3.47. The number of carbonyl (C=O) groups excluding carboxylic acids is 1. The molecule has 1 saturated heterocycles. The molecule has 2 rings (SSSR count). The van der Waals surface area contributed by atoms with Gasteiger partial charge < -0.3 is 16.0 Å². The molecule has 0 aliphatic carbocycles. The van der Waals surface area contributed by atoms with Gasteiger partial charge in [-0.3, -0.25) is 4.79 Å². The summed E-state index contributed by atoms with van der Waals surface area (Å²) < 4.78 is 0. The van der Waals surface area contributed by atoms with Crippen molar-refractivity contribution in [3.8, 4) is 0 Å². The first kappa shape index (κ1) is 14.2. The Hall–Kier alpha value is -1.21. The minimum Gasteiger partial charge on any atom is -0.374 e. The summed E-state index contributed by atoms with van der Waals surface area (Å²) in [5.41, 5.74) is 5.48. The van der Waals surface area contributed by atoms with Gasteiger partial charge in [0.25, 0.3) is 0 Å². The molecule has 6 nitrogen and oxygen atoms in total. The fraction of sp³-hybridized carbons (Fsp3) is 0.750. The number of nitrogen functional groups attached to an aromatic ring is 1. The number of nitrogens with one attached hydrogen (secondary N) is 1. The summed E-state index contributed by atoms with van der Waals surface area (Å²) in [6.45, 7) is 4.97. The number of amides is 1. The monoisotopic (exact) mass is 283 g/mol. The Morgan fingerprint density at radius 3 is 2.84 bits per heavy atom. The van der Waals surface area contributed by atoms with Gasteiger partial charge in [-0.1, -0.05) is 11.3 Å². The summed E-state index contributed by atoms with van der Waals surface area (Å²) in [7, 11) is 0. The van der Waals surface area contributed by atoms with Crippen molar-refractivity contribution in [2.75, 3.05) is 18.8 Å². The highest BCUT2D eigenvalue weighted by molar-refractivity contribution is 7.15. The zero-order chi connectivity index (χ0) is 13.7.